The molecule has 0 radical (unpaired) electrons. The molecule has 2 heterocycles. The number of alkyl halides is 3. The molecule has 1 unspecified atom stereocenters. The van der Waals surface area contributed by atoms with E-state index in [-0.39, 0.29) is 23.3 Å². The van der Waals surface area contributed by atoms with E-state index in [2.05, 4.69) is 28.5 Å². The summed E-state index contributed by atoms with van der Waals surface area (Å²) in [5.74, 6) is -0.265. The second-order valence-electron chi connectivity index (χ2n) is 8.48. The van der Waals surface area contributed by atoms with Crippen LogP contribution in [0.5, 0.6) is 0 Å². The Morgan fingerprint density at radius 1 is 1.18 bits per heavy atom. The molecule has 4 rings (SSSR count). The summed E-state index contributed by atoms with van der Waals surface area (Å²) >= 11 is 0. The number of nitrogens with two attached hydrogens (primary N) is 1. The van der Waals surface area contributed by atoms with Crippen molar-refractivity contribution in [3.63, 3.8) is 0 Å². The fraction of sp³-hybridized carbons (Fsp3) is 0.172. The quantitative estimate of drug-likeness (QED) is 0.248. The van der Waals surface area contributed by atoms with Crippen LogP contribution in [0.25, 0.3) is 16.9 Å². The zero-order valence-electron chi connectivity index (χ0n) is 21.3. The van der Waals surface area contributed by atoms with Gasteiger partial charge in [0.1, 0.15) is 17.2 Å². The summed E-state index contributed by atoms with van der Waals surface area (Å²) in [5, 5.41) is 15.1. The summed E-state index contributed by atoms with van der Waals surface area (Å²) in [5.41, 5.74) is 7.47. The van der Waals surface area contributed by atoms with Gasteiger partial charge in [0.05, 0.1) is 18.2 Å². The monoisotopic (exact) mass is 535 g/mol. The van der Waals surface area contributed by atoms with Crippen LogP contribution in [-0.2, 0) is 12.8 Å². The number of hydrogen-bond acceptors (Lipinski definition) is 5. The van der Waals surface area contributed by atoms with E-state index >= 15 is 0 Å². The number of hydrogen-bond donors (Lipinski definition) is 4. The fourth-order valence-corrected chi connectivity index (χ4v) is 4.07. The molecule has 202 valence electrons. The number of aryl methyl sites for hydroxylation is 1. The fourth-order valence-electron chi connectivity index (χ4n) is 4.07. The average Bonchev–Trinajstić information content (AvgIpc) is 3.29. The summed E-state index contributed by atoms with van der Waals surface area (Å²) < 4.78 is 43.1. The Balaban J connectivity index is 0.00000205. The Hall–Kier alpha value is -4.59. The van der Waals surface area contributed by atoms with Crippen LogP contribution in [0.2, 0.25) is 0 Å². The topological polar surface area (TPSA) is 105 Å². The minimum Gasteiger partial charge on any atom is -0.394 e. The first kappa shape index (κ1) is 29.0. The van der Waals surface area contributed by atoms with Crippen molar-refractivity contribution in [3.8, 4) is 24.1 Å². The van der Waals surface area contributed by atoms with E-state index in [1.54, 1.807) is 29.8 Å². The lowest BCUT2D eigenvalue weighted by molar-refractivity contribution is -0.138. The Bertz CT molecular complexity index is 1510. The molecule has 4 aromatic rings. The van der Waals surface area contributed by atoms with Gasteiger partial charge in [0.15, 0.2) is 0 Å². The largest absolute Gasteiger partial charge is 0.416 e. The van der Waals surface area contributed by atoms with Gasteiger partial charge in [-0.1, -0.05) is 30.3 Å². The van der Waals surface area contributed by atoms with Crippen LogP contribution in [0.15, 0.2) is 73.1 Å². The third-order valence-corrected chi connectivity index (χ3v) is 5.93. The van der Waals surface area contributed by atoms with Gasteiger partial charge >= 0.3 is 6.18 Å². The molecule has 0 aliphatic rings. The lowest BCUT2D eigenvalue weighted by Crippen LogP contribution is -2.21. The molecular formula is C29H28F3N5O2. The number of rotatable bonds is 7. The van der Waals surface area contributed by atoms with Gasteiger partial charge in [-0.15, -0.1) is 12.8 Å². The SMILES string of the molecule is C#C.CN/C=C\C(N)c1cc(C(=O)Nc2c(-c3ccccc3)nc3cc(CO)ccn23)c(C)cc1C(F)(F)F. The van der Waals surface area contributed by atoms with Gasteiger partial charge in [-0.3, -0.25) is 9.20 Å². The predicted octanol–water partition coefficient (Wildman–Crippen LogP) is 5.06. The number of aromatic nitrogens is 2. The predicted molar refractivity (Wildman–Crippen MR) is 146 cm³/mol. The van der Waals surface area contributed by atoms with E-state index in [9.17, 15) is 23.1 Å². The first-order valence-corrected chi connectivity index (χ1v) is 11.8. The highest BCUT2D eigenvalue weighted by atomic mass is 19.4. The van der Waals surface area contributed by atoms with Crippen LogP contribution in [-0.4, -0.2) is 27.4 Å². The maximum Gasteiger partial charge on any atom is 0.416 e. The van der Waals surface area contributed by atoms with Crippen molar-refractivity contribution >= 4 is 17.4 Å². The third-order valence-electron chi connectivity index (χ3n) is 5.93. The molecule has 5 N–H and O–H groups in total. The van der Waals surface area contributed by atoms with Gasteiger partial charge in [0.25, 0.3) is 5.91 Å². The molecule has 7 nitrogen and oxygen atoms in total. The highest BCUT2D eigenvalue weighted by molar-refractivity contribution is 6.07. The van der Waals surface area contributed by atoms with Crippen LogP contribution >= 0.6 is 0 Å². The first-order valence-electron chi connectivity index (χ1n) is 11.8. The van der Waals surface area contributed by atoms with E-state index < -0.39 is 23.7 Å². The number of anilines is 1. The lowest BCUT2D eigenvalue weighted by Gasteiger charge is -2.19. The van der Waals surface area contributed by atoms with E-state index in [0.717, 1.165) is 11.6 Å². The number of nitrogens with one attached hydrogen (secondary N) is 2. The van der Waals surface area contributed by atoms with Crippen molar-refractivity contribution in [3.05, 3.63) is 101 Å². The summed E-state index contributed by atoms with van der Waals surface area (Å²) in [6, 6.07) is 13.6. The van der Waals surface area contributed by atoms with Crippen molar-refractivity contribution in [2.75, 3.05) is 12.4 Å². The molecule has 0 aliphatic heterocycles. The van der Waals surface area contributed by atoms with E-state index in [0.29, 0.717) is 22.7 Å². The molecular weight excluding hydrogens is 507 g/mol. The second-order valence-corrected chi connectivity index (χ2v) is 8.48. The highest BCUT2D eigenvalue weighted by Gasteiger charge is 2.35. The maximum atomic E-state index is 13.8. The molecule has 39 heavy (non-hydrogen) atoms. The van der Waals surface area contributed by atoms with Crippen LogP contribution in [0.3, 0.4) is 0 Å². The number of carbonyl (C=O) groups excluding carboxylic acids is 1. The summed E-state index contributed by atoms with van der Waals surface area (Å²) in [7, 11) is 1.60. The van der Waals surface area contributed by atoms with Gasteiger partial charge in [-0.2, -0.15) is 13.2 Å². The van der Waals surface area contributed by atoms with Gasteiger partial charge in [0, 0.05) is 24.4 Å². The number of carbonyl (C=O) groups is 1. The molecule has 0 aliphatic carbocycles. The van der Waals surface area contributed by atoms with Gasteiger partial charge in [-0.05, 0) is 60.2 Å². The number of benzene rings is 2. The molecule has 2 aromatic heterocycles. The van der Waals surface area contributed by atoms with Crippen LogP contribution in [0.1, 0.15) is 38.7 Å². The third kappa shape index (κ3) is 6.29. The van der Waals surface area contributed by atoms with Gasteiger partial charge in [0.2, 0.25) is 0 Å². The first-order chi connectivity index (χ1) is 18.6. The van der Waals surface area contributed by atoms with Crippen molar-refractivity contribution < 1.29 is 23.1 Å². The van der Waals surface area contributed by atoms with Crippen molar-refractivity contribution in [1.29, 1.82) is 0 Å². The number of pyridine rings is 1. The zero-order chi connectivity index (χ0) is 28.7. The zero-order valence-corrected chi connectivity index (χ0v) is 21.3. The minimum atomic E-state index is -4.65. The van der Waals surface area contributed by atoms with Crippen molar-refractivity contribution in [1.82, 2.24) is 14.7 Å². The maximum absolute atomic E-state index is 13.8. The number of aliphatic hydroxyl groups is 1. The molecule has 0 bridgehead atoms. The smallest absolute Gasteiger partial charge is 0.394 e. The molecule has 0 saturated carbocycles. The van der Waals surface area contributed by atoms with Gasteiger partial charge in [-0.25, -0.2) is 4.98 Å². The van der Waals surface area contributed by atoms with Crippen LogP contribution in [0.4, 0.5) is 19.0 Å². The van der Waals surface area contributed by atoms with E-state index in [4.69, 9.17) is 5.73 Å². The van der Waals surface area contributed by atoms with Gasteiger partial charge < -0.3 is 21.5 Å². The van der Waals surface area contributed by atoms with Crippen molar-refractivity contribution in [2.45, 2.75) is 25.7 Å². The number of terminal acetylenes is 1. The van der Waals surface area contributed by atoms with E-state index in [1.165, 1.54) is 25.3 Å². The van der Waals surface area contributed by atoms with Crippen LogP contribution in [0, 0.1) is 19.8 Å². The Labute approximate surface area is 224 Å². The molecule has 1 amide bonds. The Kier molecular flexibility index (Phi) is 9.14. The number of nitrogens with zero attached hydrogens (tertiary/aromatic N) is 2. The number of aliphatic hydroxyl groups excluding tert-OH is 1. The molecule has 0 spiro atoms. The second kappa shape index (κ2) is 12.3. The number of imidazole rings is 1. The van der Waals surface area contributed by atoms with Crippen molar-refractivity contribution in [2.24, 2.45) is 5.73 Å². The summed E-state index contributed by atoms with van der Waals surface area (Å²) in [6.07, 6.45) is 7.85. The average molecular weight is 536 g/mol. The minimum absolute atomic E-state index is 0.0530. The Morgan fingerprint density at radius 2 is 1.87 bits per heavy atom. The number of amides is 1. The summed E-state index contributed by atoms with van der Waals surface area (Å²) in [4.78, 5) is 18.1. The standard InChI is InChI=1S/C27H26F3N5O2.C2H2/c1-16-12-21(27(28,29)30)20(22(31)8-10-32-2)14-19(16)26(37)34-25-24(18-6-4-3-5-7-18)33-23-13-17(15-36)9-11-35(23)25;1-2/h3-14,22,32,36H,15,31H2,1-2H3,(H,34,37);1-2H/b10-8-;. The Morgan fingerprint density at radius 3 is 2.49 bits per heavy atom. The number of fused-ring (bicyclic) bond motifs is 1. The molecule has 10 heteroatoms. The lowest BCUT2D eigenvalue weighted by atomic mass is 9.93. The molecule has 1 atom stereocenters. The van der Waals surface area contributed by atoms with E-state index in [1.807, 2.05) is 30.3 Å². The molecule has 2 aromatic carbocycles. The molecule has 0 fully saturated rings. The summed E-state index contributed by atoms with van der Waals surface area (Å²) in [6.45, 7) is 1.27. The normalized spacial score (nSPS) is 12.1. The number of halogens is 3. The van der Waals surface area contributed by atoms with Crippen LogP contribution < -0.4 is 16.4 Å². The molecule has 0 saturated heterocycles. The highest BCUT2D eigenvalue weighted by Crippen LogP contribution is 2.37.